The monoisotopic (exact) mass is 329 g/mol. The van der Waals surface area contributed by atoms with Gasteiger partial charge in [-0.05, 0) is 31.5 Å². The molecule has 0 radical (unpaired) electrons. The first kappa shape index (κ1) is 16.5. The second-order valence-electron chi connectivity index (χ2n) is 6.56. The van der Waals surface area contributed by atoms with Gasteiger partial charge in [0.25, 0.3) is 5.91 Å². The smallest absolute Gasteiger partial charge is 0.410 e. The molecule has 6 nitrogen and oxygen atoms in total. The Labute approximate surface area is 141 Å². The van der Waals surface area contributed by atoms with Gasteiger partial charge >= 0.3 is 6.09 Å². The molecule has 0 bridgehead atoms. The average molecular weight is 329 g/mol. The molecular weight excluding hydrogens is 306 g/mol. The van der Waals surface area contributed by atoms with Crippen molar-refractivity contribution in [3.8, 4) is 0 Å². The van der Waals surface area contributed by atoms with Crippen molar-refractivity contribution in [2.45, 2.75) is 32.3 Å². The minimum atomic E-state index is -0.426. The number of likely N-dealkylation sites (tertiary alicyclic amines) is 1. The van der Waals surface area contributed by atoms with Crippen molar-refractivity contribution in [3.05, 3.63) is 35.4 Å². The number of hydrogen-bond donors (Lipinski definition) is 1. The van der Waals surface area contributed by atoms with E-state index in [0.29, 0.717) is 50.3 Å². The molecule has 2 amide bonds. The number of rotatable bonds is 3. The summed E-state index contributed by atoms with van der Waals surface area (Å²) < 4.78 is 5.59. The maximum Gasteiger partial charge on any atom is 0.410 e. The Morgan fingerprint density at radius 3 is 2.29 bits per heavy atom. The third-order valence-corrected chi connectivity index (χ3v) is 4.95. The highest BCUT2D eigenvalue weighted by Crippen LogP contribution is 2.33. The summed E-state index contributed by atoms with van der Waals surface area (Å²) in [5, 5.41) is 7.61. The van der Waals surface area contributed by atoms with Gasteiger partial charge in [-0.15, -0.1) is 0 Å². The van der Waals surface area contributed by atoms with E-state index in [2.05, 4.69) is 0 Å². The fourth-order valence-electron chi connectivity index (χ4n) is 3.36. The molecule has 1 aromatic carbocycles. The number of amides is 2. The topological polar surface area (TPSA) is 73.7 Å². The zero-order valence-electron chi connectivity index (χ0n) is 14.2. The third-order valence-electron chi connectivity index (χ3n) is 4.95. The fraction of sp³-hybridized carbons (Fsp3) is 0.500. The summed E-state index contributed by atoms with van der Waals surface area (Å²) in [6.07, 6.45) is 1.12. The maximum atomic E-state index is 12.6. The second-order valence-corrected chi connectivity index (χ2v) is 6.56. The molecule has 128 valence electrons. The van der Waals surface area contributed by atoms with Crippen LogP contribution in [-0.4, -0.2) is 59.3 Å². The molecule has 2 heterocycles. The van der Waals surface area contributed by atoms with E-state index in [1.165, 1.54) is 0 Å². The molecule has 0 atom stereocenters. The van der Waals surface area contributed by atoms with Crippen molar-refractivity contribution in [3.63, 3.8) is 0 Å². The van der Waals surface area contributed by atoms with Crippen LogP contribution in [0.2, 0.25) is 0 Å². The Bertz CT molecular complexity index is 661. The molecule has 2 saturated heterocycles. The number of carbonyl (C=O) groups excluding carboxylic acids is 2. The molecule has 0 aliphatic carbocycles. The van der Waals surface area contributed by atoms with E-state index in [4.69, 9.17) is 10.1 Å². The number of likely N-dealkylation sites (N-methyl/N-ethyl adjacent to an activating group) is 1. The minimum Gasteiger partial charge on any atom is -0.441 e. The van der Waals surface area contributed by atoms with Crippen LogP contribution in [0.1, 0.15) is 42.6 Å². The number of nitrogens with zero attached hydrogens (tertiary/aromatic N) is 2. The standard InChI is InChI=1S/C18H23N3O3/c1-3-20-12-18(24-17(20)23)8-10-21(11-9-18)16(22)15-6-4-14(5-7-15)13(2)19/h4-7,19H,3,8-12H2,1-2H3. The minimum absolute atomic E-state index is 0.00398. The largest absolute Gasteiger partial charge is 0.441 e. The van der Waals surface area contributed by atoms with Crippen LogP contribution in [0.3, 0.4) is 0 Å². The highest BCUT2D eigenvalue weighted by Gasteiger charge is 2.46. The van der Waals surface area contributed by atoms with Crippen molar-refractivity contribution in [2.75, 3.05) is 26.2 Å². The van der Waals surface area contributed by atoms with Gasteiger partial charge in [0.2, 0.25) is 0 Å². The fourth-order valence-corrected chi connectivity index (χ4v) is 3.36. The van der Waals surface area contributed by atoms with E-state index in [-0.39, 0.29) is 12.0 Å². The van der Waals surface area contributed by atoms with E-state index in [0.717, 1.165) is 5.56 Å². The molecule has 1 aromatic rings. The molecule has 0 aromatic heterocycles. The van der Waals surface area contributed by atoms with Crippen molar-refractivity contribution in [1.82, 2.24) is 9.80 Å². The predicted octanol–water partition coefficient (Wildman–Crippen LogP) is 2.52. The van der Waals surface area contributed by atoms with Crippen molar-refractivity contribution >= 4 is 17.7 Å². The van der Waals surface area contributed by atoms with Crippen molar-refractivity contribution in [2.24, 2.45) is 0 Å². The van der Waals surface area contributed by atoms with E-state index < -0.39 is 5.60 Å². The molecule has 0 saturated carbocycles. The van der Waals surface area contributed by atoms with E-state index in [1.54, 1.807) is 36.1 Å². The molecule has 6 heteroatoms. The predicted molar refractivity (Wildman–Crippen MR) is 90.5 cm³/mol. The van der Waals surface area contributed by atoms with Crippen LogP contribution >= 0.6 is 0 Å². The lowest BCUT2D eigenvalue weighted by atomic mass is 9.91. The Morgan fingerprint density at radius 1 is 1.21 bits per heavy atom. The van der Waals surface area contributed by atoms with Gasteiger partial charge in [-0.2, -0.15) is 0 Å². The van der Waals surface area contributed by atoms with Gasteiger partial charge in [0.1, 0.15) is 5.60 Å². The van der Waals surface area contributed by atoms with Crippen LogP contribution in [0.5, 0.6) is 0 Å². The SMILES string of the molecule is CCN1CC2(CCN(C(=O)c3ccc(C(C)=N)cc3)CC2)OC1=O. The highest BCUT2D eigenvalue weighted by molar-refractivity contribution is 5.98. The van der Waals surface area contributed by atoms with Crippen LogP contribution in [-0.2, 0) is 4.74 Å². The maximum absolute atomic E-state index is 12.6. The van der Waals surface area contributed by atoms with Crippen molar-refractivity contribution in [1.29, 1.82) is 5.41 Å². The third kappa shape index (κ3) is 3.00. The summed E-state index contributed by atoms with van der Waals surface area (Å²) in [6, 6.07) is 7.15. The van der Waals surface area contributed by atoms with Gasteiger partial charge < -0.3 is 19.9 Å². The number of benzene rings is 1. The Balaban J connectivity index is 1.63. The molecule has 1 N–H and O–H groups in total. The number of hydrogen-bond acceptors (Lipinski definition) is 4. The van der Waals surface area contributed by atoms with Crippen LogP contribution < -0.4 is 0 Å². The summed E-state index contributed by atoms with van der Waals surface area (Å²) in [4.78, 5) is 28.0. The molecular formula is C18H23N3O3. The quantitative estimate of drug-likeness (QED) is 0.866. The molecule has 0 unspecified atom stereocenters. The van der Waals surface area contributed by atoms with E-state index in [9.17, 15) is 9.59 Å². The van der Waals surface area contributed by atoms with Crippen LogP contribution in [0.15, 0.2) is 24.3 Å². The highest BCUT2D eigenvalue weighted by atomic mass is 16.6. The first-order chi connectivity index (χ1) is 11.4. The Kier molecular flexibility index (Phi) is 4.30. The summed E-state index contributed by atoms with van der Waals surface area (Å²) in [7, 11) is 0. The Morgan fingerprint density at radius 2 is 1.79 bits per heavy atom. The molecule has 2 fully saturated rings. The Hall–Kier alpha value is -2.37. The van der Waals surface area contributed by atoms with Gasteiger partial charge in [-0.25, -0.2) is 4.79 Å². The second kappa shape index (κ2) is 6.26. The van der Waals surface area contributed by atoms with Crippen LogP contribution in [0.4, 0.5) is 4.79 Å². The first-order valence-corrected chi connectivity index (χ1v) is 8.37. The van der Waals surface area contributed by atoms with Crippen molar-refractivity contribution < 1.29 is 14.3 Å². The van der Waals surface area contributed by atoms with Crippen LogP contribution in [0.25, 0.3) is 0 Å². The molecule has 2 aliphatic heterocycles. The lowest BCUT2D eigenvalue weighted by Gasteiger charge is -2.37. The first-order valence-electron chi connectivity index (χ1n) is 8.37. The lowest BCUT2D eigenvalue weighted by Crippen LogP contribution is -2.48. The zero-order chi connectivity index (χ0) is 17.3. The average Bonchev–Trinajstić information content (AvgIpc) is 2.90. The summed E-state index contributed by atoms with van der Waals surface area (Å²) in [6.45, 7) is 6.13. The van der Waals surface area contributed by atoms with E-state index >= 15 is 0 Å². The molecule has 24 heavy (non-hydrogen) atoms. The van der Waals surface area contributed by atoms with Gasteiger partial charge in [0, 0.05) is 43.8 Å². The van der Waals surface area contributed by atoms with Gasteiger partial charge in [0.05, 0.1) is 6.54 Å². The summed E-state index contributed by atoms with van der Waals surface area (Å²) >= 11 is 0. The number of nitrogens with one attached hydrogen (secondary N) is 1. The number of carbonyl (C=O) groups is 2. The zero-order valence-corrected chi connectivity index (χ0v) is 14.2. The summed E-state index contributed by atoms with van der Waals surface area (Å²) in [5.41, 5.74) is 1.51. The van der Waals surface area contributed by atoms with E-state index in [1.807, 2.05) is 11.8 Å². The molecule has 1 spiro atoms. The van der Waals surface area contributed by atoms with Gasteiger partial charge in [-0.3, -0.25) is 4.79 Å². The van der Waals surface area contributed by atoms with Gasteiger partial charge in [0.15, 0.2) is 0 Å². The number of piperidine rings is 1. The molecule has 2 aliphatic rings. The van der Waals surface area contributed by atoms with Gasteiger partial charge in [-0.1, -0.05) is 12.1 Å². The lowest BCUT2D eigenvalue weighted by molar-refractivity contribution is 0.00314. The molecule has 3 rings (SSSR count). The normalized spacial score (nSPS) is 19.5. The summed E-state index contributed by atoms with van der Waals surface area (Å²) in [5.74, 6) is -0.00398. The number of ether oxygens (including phenoxy) is 1. The van der Waals surface area contributed by atoms with Crippen LogP contribution in [0, 0.1) is 5.41 Å².